The minimum absolute atomic E-state index is 0.0618. The molecule has 0 aromatic heterocycles. The molecule has 3 aromatic rings. The lowest BCUT2D eigenvalue weighted by Gasteiger charge is -2.22. The van der Waals surface area contributed by atoms with Gasteiger partial charge in [0.05, 0.1) is 5.92 Å². The van der Waals surface area contributed by atoms with Crippen LogP contribution < -0.4 is 0 Å². The summed E-state index contributed by atoms with van der Waals surface area (Å²) < 4.78 is 0. The fraction of sp³-hybridized carbons (Fsp3) is 0.259. The summed E-state index contributed by atoms with van der Waals surface area (Å²) in [6.45, 7) is 3.56. The second kappa shape index (κ2) is 8.87. The number of fused-ring (bicyclic) bond motifs is 1. The average molecular weight is 428 g/mol. The lowest BCUT2D eigenvalue weighted by atomic mass is 9.78. The number of nitro groups is 1. The van der Waals surface area contributed by atoms with Crippen LogP contribution in [-0.4, -0.2) is 23.0 Å². The van der Waals surface area contributed by atoms with E-state index in [2.05, 4.69) is 0 Å². The van der Waals surface area contributed by atoms with E-state index in [1.165, 1.54) is 0 Å². The van der Waals surface area contributed by atoms with E-state index in [1.807, 2.05) is 62.4 Å². The zero-order chi connectivity index (χ0) is 22.8. The van der Waals surface area contributed by atoms with Gasteiger partial charge in [-0.3, -0.25) is 19.7 Å². The van der Waals surface area contributed by atoms with E-state index in [9.17, 15) is 19.7 Å². The van der Waals surface area contributed by atoms with Gasteiger partial charge in [0.1, 0.15) is 0 Å². The number of nitrogens with zero attached hydrogens (tertiary/aromatic N) is 1. The Morgan fingerprint density at radius 3 is 1.81 bits per heavy atom. The molecule has 0 heterocycles. The molecule has 0 unspecified atom stereocenters. The standard InChI is InChI=1S/C27H25NO4/c1-17-7-11-19(12-8-17)25(29)15-23-21-5-3-4-6-22(21)24(16-28(31)32)26(23)27(30)20-13-9-18(2)10-14-20/h3-14,23-24,26H,15-16H2,1-2H3/t23-,24+,26+/m0/s1. The lowest BCUT2D eigenvalue weighted by molar-refractivity contribution is -0.484. The second-order valence-electron chi connectivity index (χ2n) is 8.61. The number of carbonyl (C=O) groups is 2. The fourth-order valence-electron chi connectivity index (χ4n) is 4.80. The summed E-state index contributed by atoms with van der Waals surface area (Å²) in [5.74, 6) is -1.83. The molecule has 32 heavy (non-hydrogen) atoms. The molecular formula is C27H25NO4. The van der Waals surface area contributed by atoms with Gasteiger partial charge in [0.15, 0.2) is 11.6 Å². The Balaban J connectivity index is 1.75. The minimum atomic E-state index is -0.657. The SMILES string of the molecule is Cc1ccc(C(=O)C[C@H]2c3ccccc3[C@@H](C[N+](=O)[O-])[C@@H]2C(=O)c2ccc(C)cc2)cc1. The second-order valence-corrected chi connectivity index (χ2v) is 8.61. The largest absolute Gasteiger partial charge is 0.294 e. The maximum Gasteiger partial charge on any atom is 0.211 e. The normalized spacial score (nSPS) is 19.4. The zero-order valence-corrected chi connectivity index (χ0v) is 18.2. The van der Waals surface area contributed by atoms with E-state index in [0.29, 0.717) is 11.1 Å². The monoisotopic (exact) mass is 427 g/mol. The quantitative estimate of drug-likeness (QED) is 0.282. The van der Waals surface area contributed by atoms with Crippen molar-refractivity contribution in [3.05, 3.63) is 116 Å². The Morgan fingerprint density at radius 2 is 1.28 bits per heavy atom. The van der Waals surface area contributed by atoms with Crippen molar-refractivity contribution in [2.75, 3.05) is 6.54 Å². The predicted octanol–water partition coefficient (Wildman–Crippen LogP) is 5.53. The van der Waals surface area contributed by atoms with Crippen molar-refractivity contribution in [2.24, 2.45) is 5.92 Å². The first-order valence-corrected chi connectivity index (χ1v) is 10.8. The number of hydrogen-bond acceptors (Lipinski definition) is 4. The number of rotatable bonds is 7. The highest BCUT2D eigenvalue weighted by Gasteiger charge is 2.47. The van der Waals surface area contributed by atoms with Crippen LogP contribution in [0.2, 0.25) is 0 Å². The van der Waals surface area contributed by atoms with E-state index in [0.717, 1.165) is 22.3 Å². The summed E-state index contributed by atoms with van der Waals surface area (Å²) in [4.78, 5) is 38.0. The predicted molar refractivity (Wildman–Crippen MR) is 123 cm³/mol. The molecule has 1 aliphatic carbocycles. The van der Waals surface area contributed by atoms with Crippen molar-refractivity contribution < 1.29 is 14.5 Å². The highest BCUT2D eigenvalue weighted by Crippen LogP contribution is 2.50. The third-order valence-corrected chi connectivity index (χ3v) is 6.43. The Labute approximate surface area is 187 Å². The van der Waals surface area contributed by atoms with Crippen LogP contribution in [-0.2, 0) is 0 Å². The number of Topliss-reactive ketones (excluding diaryl/α,β-unsaturated/α-hetero) is 2. The van der Waals surface area contributed by atoms with Crippen LogP contribution in [0.15, 0.2) is 72.8 Å². The Morgan fingerprint density at radius 1 is 0.781 bits per heavy atom. The molecule has 0 bridgehead atoms. The summed E-state index contributed by atoms with van der Waals surface area (Å²) in [5, 5.41) is 11.5. The number of benzene rings is 3. The van der Waals surface area contributed by atoms with E-state index in [-0.39, 0.29) is 29.5 Å². The Bertz CT molecular complexity index is 1170. The molecule has 0 fully saturated rings. The van der Waals surface area contributed by atoms with Crippen LogP contribution in [0, 0.1) is 29.9 Å². The first kappa shape index (κ1) is 21.6. The van der Waals surface area contributed by atoms with Gasteiger partial charge < -0.3 is 0 Å². The molecule has 0 N–H and O–H groups in total. The number of ketones is 2. The van der Waals surface area contributed by atoms with Crippen molar-refractivity contribution >= 4 is 11.6 Å². The fourth-order valence-corrected chi connectivity index (χ4v) is 4.80. The molecular weight excluding hydrogens is 402 g/mol. The summed E-state index contributed by atoms with van der Waals surface area (Å²) in [7, 11) is 0. The smallest absolute Gasteiger partial charge is 0.211 e. The first-order valence-electron chi connectivity index (χ1n) is 10.8. The van der Waals surface area contributed by atoms with Crippen LogP contribution in [0.25, 0.3) is 0 Å². The highest BCUT2D eigenvalue weighted by atomic mass is 16.6. The molecule has 5 nitrogen and oxygen atoms in total. The van der Waals surface area contributed by atoms with Gasteiger partial charge in [-0.1, -0.05) is 83.9 Å². The zero-order valence-electron chi connectivity index (χ0n) is 18.2. The topological polar surface area (TPSA) is 77.3 Å². The Hall–Kier alpha value is -3.60. The molecule has 5 heteroatoms. The van der Waals surface area contributed by atoms with Crippen LogP contribution in [0.3, 0.4) is 0 Å². The number of hydrogen-bond donors (Lipinski definition) is 0. The molecule has 4 rings (SSSR count). The maximum absolute atomic E-state index is 13.7. The van der Waals surface area contributed by atoms with E-state index < -0.39 is 17.8 Å². The molecule has 162 valence electrons. The van der Waals surface area contributed by atoms with Gasteiger partial charge in [-0.25, -0.2) is 0 Å². The van der Waals surface area contributed by atoms with E-state index >= 15 is 0 Å². The summed E-state index contributed by atoms with van der Waals surface area (Å²) in [6, 6.07) is 22.1. The summed E-state index contributed by atoms with van der Waals surface area (Å²) >= 11 is 0. The van der Waals surface area contributed by atoms with E-state index in [4.69, 9.17) is 0 Å². The molecule has 3 aromatic carbocycles. The van der Waals surface area contributed by atoms with Gasteiger partial charge in [-0.05, 0) is 25.0 Å². The van der Waals surface area contributed by atoms with Gasteiger partial charge in [0.2, 0.25) is 6.54 Å². The maximum atomic E-state index is 13.7. The third kappa shape index (κ3) is 4.24. The van der Waals surface area contributed by atoms with Crippen LogP contribution in [0.4, 0.5) is 0 Å². The van der Waals surface area contributed by atoms with Crippen molar-refractivity contribution in [1.82, 2.24) is 0 Å². The average Bonchev–Trinajstić information content (AvgIpc) is 3.07. The third-order valence-electron chi connectivity index (χ3n) is 6.43. The van der Waals surface area contributed by atoms with Gasteiger partial charge in [-0.15, -0.1) is 0 Å². The molecule has 0 saturated carbocycles. The van der Waals surface area contributed by atoms with Crippen molar-refractivity contribution in [2.45, 2.75) is 32.1 Å². The van der Waals surface area contributed by atoms with Gasteiger partial charge in [0, 0.05) is 34.3 Å². The van der Waals surface area contributed by atoms with Crippen molar-refractivity contribution in [3.8, 4) is 0 Å². The Kier molecular flexibility index (Phi) is 5.99. The summed E-state index contributed by atoms with van der Waals surface area (Å²) in [5.41, 5.74) is 4.87. The van der Waals surface area contributed by atoms with Crippen molar-refractivity contribution in [3.63, 3.8) is 0 Å². The minimum Gasteiger partial charge on any atom is -0.294 e. The molecule has 0 amide bonds. The number of carbonyl (C=O) groups excluding carboxylic acids is 2. The van der Waals surface area contributed by atoms with Crippen LogP contribution in [0.1, 0.15) is 61.2 Å². The van der Waals surface area contributed by atoms with Crippen LogP contribution in [0.5, 0.6) is 0 Å². The number of aryl methyl sites for hydroxylation is 2. The molecule has 0 aliphatic heterocycles. The van der Waals surface area contributed by atoms with Gasteiger partial charge in [0.25, 0.3) is 0 Å². The molecule has 3 atom stereocenters. The molecule has 0 spiro atoms. The molecule has 1 aliphatic rings. The van der Waals surface area contributed by atoms with Crippen LogP contribution >= 0.6 is 0 Å². The summed E-state index contributed by atoms with van der Waals surface area (Å²) in [6.07, 6.45) is 0.135. The van der Waals surface area contributed by atoms with Gasteiger partial charge in [-0.2, -0.15) is 0 Å². The lowest BCUT2D eigenvalue weighted by Crippen LogP contribution is -2.28. The molecule has 0 saturated heterocycles. The molecule has 0 radical (unpaired) electrons. The van der Waals surface area contributed by atoms with Gasteiger partial charge >= 0.3 is 0 Å². The highest BCUT2D eigenvalue weighted by molar-refractivity contribution is 6.01. The van der Waals surface area contributed by atoms with E-state index in [1.54, 1.807) is 24.3 Å². The van der Waals surface area contributed by atoms with Crippen molar-refractivity contribution in [1.29, 1.82) is 0 Å². The first-order chi connectivity index (χ1) is 15.3.